The molecule has 3 aromatic heterocycles. The van der Waals surface area contributed by atoms with Crippen molar-refractivity contribution in [3.8, 4) is 16.5 Å². The minimum absolute atomic E-state index is 0.677. The van der Waals surface area contributed by atoms with Crippen molar-refractivity contribution in [2.24, 2.45) is 0 Å². The average Bonchev–Trinajstić information content (AvgIpc) is 3.41. The van der Waals surface area contributed by atoms with Crippen LogP contribution in [-0.4, -0.2) is 22.3 Å². The van der Waals surface area contributed by atoms with Gasteiger partial charge in [0.15, 0.2) is 4.34 Å². The summed E-state index contributed by atoms with van der Waals surface area (Å²) in [4.78, 5) is 5.65. The predicted octanol–water partition coefficient (Wildman–Crippen LogP) is 5.61. The molecule has 27 heavy (non-hydrogen) atoms. The summed E-state index contributed by atoms with van der Waals surface area (Å²) in [7, 11) is 1.65. The summed E-state index contributed by atoms with van der Waals surface area (Å²) in [6.45, 7) is 1.94. The Morgan fingerprint density at radius 2 is 2.15 bits per heavy atom. The van der Waals surface area contributed by atoms with Crippen molar-refractivity contribution in [2.75, 3.05) is 12.4 Å². The molecular weight excluding hydrogens is 400 g/mol. The van der Waals surface area contributed by atoms with E-state index in [-0.39, 0.29) is 0 Å². The lowest BCUT2D eigenvalue weighted by molar-refractivity contribution is 0.415. The summed E-state index contributed by atoms with van der Waals surface area (Å²) in [5, 5.41) is 14.4. The lowest BCUT2D eigenvalue weighted by Gasteiger charge is -2.04. The zero-order chi connectivity index (χ0) is 18.6. The number of nitrogens with one attached hydrogen (secondary N) is 1. The molecule has 0 spiro atoms. The molecule has 0 amide bonds. The molecule has 0 saturated heterocycles. The van der Waals surface area contributed by atoms with Gasteiger partial charge in [-0.15, -0.1) is 21.5 Å². The number of rotatable bonds is 7. The highest BCUT2D eigenvalue weighted by molar-refractivity contribution is 8.00. The Morgan fingerprint density at radius 1 is 1.22 bits per heavy atom. The SMILES string of the molecule is COc1cccc(Nc2nnc(SCc3nc(-c4cccs4)oc3C)s2)c1. The van der Waals surface area contributed by atoms with Crippen LogP contribution in [0.2, 0.25) is 0 Å². The third-order valence-corrected chi connectivity index (χ3v) is 6.53. The van der Waals surface area contributed by atoms with Crippen molar-refractivity contribution in [2.45, 2.75) is 17.0 Å². The first kappa shape index (κ1) is 18.0. The topological polar surface area (TPSA) is 73.1 Å². The fourth-order valence-corrected chi connectivity index (χ4v) is 4.76. The summed E-state index contributed by atoms with van der Waals surface area (Å²) in [5.41, 5.74) is 1.84. The number of nitrogens with zero attached hydrogens (tertiary/aromatic N) is 3. The maximum absolute atomic E-state index is 5.78. The van der Waals surface area contributed by atoms with Gasteiger partial charge in [-0.05, 0) is 30.5 Å². The molecular formula is C18H16N4O2S3. The van der Waals surface area contributed by atoms with Gasteiger partial charge < -0.3 is 14.5 Å². The molecule has 138 valence electrons. The van der Waals surface area contributed by atoms with Crippen LogP contribution in [0.5, 0.6) is 5.75 Å². The van der Waals surface area contributed by atoms with E-state index in [2.05, 4.69) is 20.5 Å². The van der Waals surface area contributed by atoms with Gasteiger partial charge in [-0.1, -0.05) is 35.2 Å². The Balaban J connectivity index is 1.40. The van der Waals surface area contributed by atoms with Crippen LogP contribution in [0, 0.1) is 6.92 Å². The molecule has 0 aliphatic heterocycles. The number of hydrogen-bond donors (Lipinski definition) is 1. The molecule has 0 aliphatic rings. The lowest BCUT2D eigenvalue weighted by atomic mass is 10.3. The van der Waals surface area contributed by atoms with Gasteiger partial charge in [0.25, 0.3) is 0 Å². The van der Waals surface area contributed by atoms with E-state index >= 15 is 0 Å². The van der Waals surface area contributed by atoms with Gasteiger partial charge in [0.05, 0.1) is 17.7 Å². The maximum Gasteiger partial charge on any atom is 0.236 e. The highest BCUT2D eigenvalue weighted by Gasteiger charge is 2.14. The quantitative estimate of drug-likeness (QED) is 0.393. The summed E-state index contributed by atoms with van der Waals surface area (Å²) < 4.78 is 11.9. The minimum atomic E-state index is 0.677. The molecule has 6 nitrogen and oxygen atoms in total. The lowest BCUT2D eigenvalue weighted by Crippen LogP contribution is -1.90. The van der Waals surface area contributed by atoms with Crippen molar-refractivity contribution < 1.29 is 9.15 Å². The second-order valence-corrected chi connectivity index (χ2v) is 8.67. The monoisotopic (exact) mass is 416 g/mol. The molecule has 0 radical (unpaired) electrons. The van der Waals surface area contributed by atoms with Crippen LogP contribution in [0.15, 0.2) is 50.5 Å². The number of methoxy groups -OCH3 is 1. The second-order valence-electron chi connectivity index (χ2n) is 5.52. The van der Waals surface area contributed by atoms with Crippen LogP contribution in [0.25, 0.3) is 10.8 Å². The van der Waals surface area contributed by atoms with Gasteiger partial charge in [-0.3, -0.25) is 0 Å². The first-order valence-corrected chi connectivity index (χ1v) is 10.8. The van der Waals surface area contributed by atoms with Crippen LogP contribution in [0.4, 0.5) is 10.8 Å². The molecule has 4 rings (SSSR count). The zero-order valence-corrected chi connectivity index (χ0v) is 17.1. The number of hydrogen-bond acceptors (Lipinski definition) is 9. The third-order valence-electron chi connectivity index (χ3n) is 3.68. The normalized spacial score (nSPS) is 10.9. The smallest absolute Gasteiger partial charge is 0.236 e. The Bertz CT molecular complexity index is 1030. The maximum atomic E-state index is 5.78. The fourth-order valence-electron chi connectivity index (χ4n) is 2.34. The van der Waals surface area contributed by atoms with Gasteiger partial charge in [0.2, 0.25) is 11.0 Å². The average molecular weight is 417 g/mol. The van der Waals surface area contributed by atoms with E-state index < -0.39 is 0 Å². The minimum Gasteiger partial charge on any atom is -0.497 e. The fraction of sp³-hybridized carbons (Fsp3) is 0.167. The van der Waals surface area contributed by atoms with E-state index in [1.54, 1.807) is 30.2 Å². The van der Waals surface area contributed by atoms with E-state index in [1.165, 1.54) is 11.3 Å². The van der Waals surface area contributed by atoms with E-state index in [1.807, 2.05) is 48.7 Å². The number of aromatic nitrogens is 3. The molecule has 9 heteroatoms. The van der Waals surface area contributed by atoms with E-state index in [9.17, 15) is 0 Å². The number of thioether (sulfide) groups is 1. The predicted molar refractivity (Wildman–Crippen MR) is 110 cm³/mol. The molecule has 4 aromatic rings. The highest BCUT2D eigenvalue weighted by Crippen LogP contribution is 2.32. The van der Waals surface area contributed by atoms with Gasteiger partial charge in [-0.2, -0.15) is 0 Å². The molecule has 1 N–H and O–H groups in total. The van der Waals surface area contributed by atoms with Crippen LogP contribution in [-0.2, 0) is 5.75 Å². The summed E-state index contributed by atoms with van der Waals surface area (Å²) in [6, 6.07) is 11.7. The van der Waals surface area contributed by atoms with E-state index in [0.29, 0.717) is 11.6 Å². The first-order valence-electron chi connectivity index (χ1n) is 8.09. The molecule has 1 aromatic carbocycles. The van der Waals surface area contributed by atoms with Gasteiger partial charge >= 0.3 is 0 Å². The third kappa shape index (κ3) is 4.32. The van der Waals surface area contributed by atoms with Crippen LogP contribution in [0.3, 0.4) is 0 Å². The Labute approximate surface area is 168 Å². The molecule has 0 saturated carbocycles. The number of benzene rings is 1. The van der Waals surface area contributed by atoms with Gasteiger partial charge in [0.1, 0.15) is 11.5 Å². The number of ether oxygens (including phenoxy) is 1. The van der Waals surface area contributed by atoms with Gasteiger partial charge in [-0.25, -0.2) is 4.98 Å². The number of anilines is 2. The van der Waals surface area contributed by atoms with Crippen molar-refractivity contribution in [3.05, 3.63) is 53.2 Å². The zero-order valence-electron chi connectivity index (χ0n) is 14.6. The number of thiophene rings is 1. The second kappa shape index (κ2) is 8.12. The van der Waals surface area contributed by atoms with Crippen LogP contribution in [0.1, 0.15) is 11.5 Å². The standard InChI is InChI=1S/C18H16N4O2S3/c1-11-14(20-16(24-11)15-7-4-8-25-15)10-26-18-22-21-17(27-18)19-12-5-3-6-13(9-12)23-2/h3-9H,10H2,1-2H3,(H,19,21). The molecule has 0 unspecified atom stereocenters. The highest BCUT2D eigenvalue weighted by atomic mass is 32.2. The number of aryl methyl sites for hydroxylation is 1. The Hall–Kier alpha value is -2.36. The molecule has 0 aliphatic carbocycles. The number of oxazole rings is 1. The first-order chi connectivity index (χ1) is 13.2. The molecule has 0 bridgehead atoms. The van der Waals surface area contributed by atoms with Crippen molar-refractivity contribution in [3.63, 3.8) is 0 Å². The summed E-state index contributed by atoms with van der Waals surface area (Å²) >= 11 is 4.72. The van der Waals surface area contributed by atoms with Gasteiger partial charge in [0, 0.05) is 17.5 Å². The van der Waals surface area contributed by atoms with Crippen molar-refractivity contribution >= 4 is 45.3 Å². The largest absolute Gasteiger partial charge is 0.497 e. The van der Waals surface area contributed by atoms with E-state index in [0.717, 1.165) is 37.2 Å². The molecule has 0 atom stereocenters. The van der Waals surface area contributed by atoms with Crippen LogP contribution < -0.4 is 10.1 Å². The van der Waals surface area contributed by atoms with Crippen molar-refractivity contribution in [1.29, 1.82) is 0 Å². The summed E-state index contributed by atoms with van der Waals surface area (Å²) in [6.07, 6.45) is 0. The molecule has 0 fully saturated rings. The van der Waals surface area contributed by atoms with Crippen molar-refractivity contribution in [1.82, 2.24) is 15.2 Å². The Morgan fingerprint density at radius 3 is 2.96 bits per heavy atom. The molecule has 3 heterocycles. The van der Waals surface area contributed by atoms with Crippen LogP contribution >= 0.6 is 34.4 Å². The van der Waals surface area contributed by atoms with E-state index in [4.69, 9.17) is 9.15 Å². The summed E-state index contributed by atoms with van der Waals surface area (Å²) in [5.74, 6) is 3.00. The Kier molecular flexibility index (Phi) is 5.42.